The lowest BCUT2D eigenvalue weighted by atomic mass is 9.91. The maximum atomic E-state index is 12.1. The second-order valence-electron chi connectivity index (χ2n) is 7.31. The van der Waals surface area contributed by atoms with Crippen LogP contribution in [0.3, 0.4) is 0 Å². The number of aryl methyl sites for hydroxylation is 1. The minimum absolute atomic E-state index is 0.336. The van der Waals surface area contributed by atoms with Crippen molar-refractivity contribution in [3.05, 3.63) is 101 Å². The number of para-hydroxylation sites is 1. The fourth-order valence-corrected chi connectivity index (χ4v) is 4.12. The van der Waals surface area contributed by atoms with E-state index in [0.29, 0.717) is 0 Å². The van der Waals surface area contributed by atoms with Gasteiger partial charge in [0.2, 0.25) is 0 Å². The molecule has 0 saturated heterocycles. The summed E-state index contributed by atoms with van der Waals surface area (Å²) >= 11 is 0. The van der Waals surface area contributed by atoms with Gasteiger partial charge in [-0.25, -0.2) is 0 Å². The number of hydrogen-bond donors (Lipinski definition) is 1. The van der Waals surface area contributed by atoms with Gasteiger partial charge in [-0.05, 0) is 38.5 Å². The Labute approximate surface area is 149 Å². The van der Waals surface area contributed by atoms with Gasteiger partial charge in [-0.2, -0.15) is 0 Å². The highest BCUT2D eigenvalue weighted by Gasteiger charge is 2.54. The zero-order valence-electron chi connectivity index (χ0n) is 14.9. The van der Waals surface area contributed by atoms with Gasteiger partial charge in [-0.3, -0.25) is 0 Å². The lowest BCUT2D eigenvalue weighted by Crippen LogP contribution is -2.49. The average molecular weight is 329 g/mol. The largest absolute Gasteiger partial charge is 0.363 e. The molecule has 1 atom stereocenters. The highest BCUT2D eigenvalue weighted by atomic mass is 16.3. The van der Waals surface area contributed by atoms with Crippen molar-refractivity contribution >= 4 is 5.69 Å². The lowest BCUT2D eigenvalue weighted by Gasteiger charge is -2.43. The molecule has 2 nitrogen and oxygen atoms in total. The third kappa shape index (κ3) is 2.21. The third-order valence-corrected chi connectivity index (χ3v) is 5.31. The summed E-state index contributed by atoms with van der Waals surface area (Å²) < 4.78 is 0. The Balaban J connectivity index is 2.02. The SMILES string of the molecule is Cc1ccc(C2(O)c3ccccc3C(C)(C)N2c2ccccc2)cc1. The molecule has 0 radical (unpaired) electrons. The van der Waals surface area contributed by atoms with Gasteiger partial charge in [-0.1, -0.05) is 72.3 Å². The van der Waals surface area contributed by atoms with Crippen molar-refractivity contribution in [2.24, 2.45) is 0 Å². The molecule has 1 aliphatic heterocycles. The van der Waals surface area contributed by atoms with Crippen LogP contribution in [0.2, 0.25) is 0 Å². The van der Waals surface area contributed by atoms with Crippen LogP contribution in [0.1, 0.15) is 36.1 Å². The molecule has 0 amide bonds. The predicted octanol–water partition coefficient (Wildman–Crippen LogP) is 4.94. The number of anilines is 1. The van der Waals surface area contributed by atoms with Gasteiger partial charge in [0, 0.05) is 16.8 Å². The van der Waals surface area contributed by atoms with Crippen LogP contribution >= 0.6 is 0 Å². The van der Waals surface area contributed by atoms with Crippen LogP contribution in [-0.4, -0.2) is 5.11 Å². The molecule has 0 fully saturated rings. The fourth-order valence-electron chi connectivity index (χ4n) is 4.12. The second kappa shape index (κ2) is 5.47. The summed E-state index contributed by atoms with van der Waals surface area (Å²) in [6.45, 7) is 6.41. The molecule has 1 aliphatic rings. The highest BCUT2D eigenvalue weighted by Crippen LogP contribution is 2.53. The summed E-state index contributed by atoms with van der Waals surface area (Å²) in [7, 11) is 0. The number of nitrogens with zero attached hydrogens (tertiary/aromatic N) is 1. The van der Waals surface area contributed by atoms with Crippen LogP contribution in [0, 0.1) is 6.92 Å². The number of hydrogen-bond acceptors (Lipinski definition) is 2. The maximum absolute atomic E-state index is 12.1. The Morgan fingerprint density at radius 3 is 1.92 bits per heavy atom. The minimum atomic E-state index is -1.20. The van der Waals surface area contributed by atoms with Crippen LogP contribution in [-0.2, 0) is 11.3 Å². The van der Waals surface area contributed by atoms with E-state index in [-0.39, 0.29) is 5.54 Å². The number of fused-ring (bicyclic) bond motifs is 1. The van der Waals surface area contributed by atoms with Crippen molar-refractivity contribution in [2.75, 3.05) is 4.90 Å². The van der Waals surface area contributed by atoms with Crippen molar-refractivity contribution in [1.29, 1.82) is 0 Å². The summed E-state index contributed by atoms with van der Waals surface area (Å²) in [5, 5.41) is 12.1. The molecule has 0 spiro atoms. The van der Waals surface area contributed by atoms with E-state index in [4.69, 9.17) is 0 Å². The van der Waals surface area contributed by atoms with E-state index >= 15 is 0 Å². The van der Waals surface area contributed by atoms with Gasteiger partial charge < -0.3 is 10.0 Å². The standard InChI is InChI=1S/C23H23NO/c1-17-13-15-18(16-14-17)23(25)21-12-8-7-11-20(21)22(2,3)24(23)19-9-5-4-6-10-19/h4-16,25H,1-3H3. The van der Waals surface area contributed by atoms with E-state index in [9.17, 15) is 5.11 Å². The van der Waals surface area contributed by atoms with Crippen LogP contribution in [0.4, 0.5) is 5.69 Å². The van der Waals surface area contributed by atoms with Crippen molar-refractivity contribution in [2.45, 2.75) is 32.0 Å². The number of rotatable bonds is 2. The van der Waals surface area contributed by atoms with E-state index in [1.54, 1.807) is 0 Å². The average Bonchev–Trinajstić information content (AvgIpc) is 2.81. The Bertz CT molecular complexity index is 899. The Hall–Kier alpha value is -2.58. The van der Waals surface area contributed by atoms with Gasteiger partial charge in [0.15, 0.2) is 5.72 Å². The molecule has 1 unspecified atom stereocenters. The molecule has 0 aromatic heterocycles. The molecule has 1 N–H and O–H groups in total. The summed E-state index contributed by atoms with van der Waals surface area (Å²) in [6.07, 6.45) is 0. The molecule has 0 aliphatic carbocycles. The lowest BCUT2D eigenvalue weighted by molar-refractivity contribution is 0.0712. The molecule has 1 heterocycles. The predicted molar refractivity (Wildman–Crippen MR) is 103 cm³/mol. The minimum Gasteiger partial charge on any atom is -0.363 e. The van der Waals surface area contributed by atoms with Crippen molar-refractivity contribution in [3.8, 4) is 0 Å². The van der Waals surface area contributed by atoms with Crippen LogP contribution < -0.4 is 4.90 Å². The molecular weight excluding hydrogens is 306 g/mol. The monoisotopic (exact) mass is 329 g/mol. The summed E-state index contributed by atoms with van der Waals surface area (Å²) in [5.41, 5.74) is 3.65. The van der Waals surface area contributed by atoms with Crippen LogP contribution in [0.25, 0.3) is 0 Å². The quantitative estimate of drug-likeness (QED) is 0.719. The van der Waals surface area contributed by atoms with Crippen LogP contribution in [0.5, 0.6) is 0 Å². The van der Waals surface area contributed by atoms with Gasteiger partial charge in [0.1, 0.15) is 0 Å². The van der Waals surface area contributed by atoms with Crippen molar-refractivity contribution in [3.63, 3.8) is 0 Å². The topological polar surface area (TPSA) is 23.5 Å². The first-order valence-electron chi connectivity index (χ1n) is 8.70. The Kier molecular flexibility index (Phi) is 3.48. The number of aliphatic hydroxyl groups is 1. The maximum Gasteiger partial charge on any atom is 0.192 e. The molecule has 0 saturated carbocycles. The number of benzene rings is 3. The Morgan fingerprint density at radius 2 is 1.28 bits per heavy atom. The summed E-state index contributed by atoms with van der Waals surface area (Å²) in [5.74, 6) is 0. The first-order valence-corrected chi connectivity index (χ1v) is 8.70. The van der Waals surface area contributed by atoms with E-state index in [2.05, 4.69) is 56.0 Å². The molecule has 126 valence electrons. The van der Waals surface area contributed by atoms with E-state index < -0.39 is 5.72 Å². The second-order valence-corrected chi connectivity index (χ2v) is 7.31. The van der Waals surface area contributed by atoms with E-state index in [1.807, 2.05) is 48.5 Å². The smallest absolute Gasteiger partial charge is 0.192 e. The Morgan fingerprint density at radius 1 is 0.720 bits per heavy atom. The summed E-state index contributed by atoms with van der Waals surface area (Å²) in [6, 6.07) is 26.6. The van der Waals surface area contributed by atoms with E-state index in [0.717, 1.165) is 22.4 Å². The molecule has 25 heavy (non-hydrogen) atoms. The van der Waals surface area contributed by atoms with Gasteiger partial charge >= 0.3 is 0 Å². The molecule has 2 heteroatoms. The molecule has 3 aromatic carbocycles. The highest BCUT2D eigenvalue weighted by molar-refractivity contribution is 5.65. The van der Waals surface area contributed by atoms with E-state index in [1.165, 1.54) is 5.56 Å². The molecule has 0 bridgehead atoms. The first kappa shape index (κ1) is 15.9. The van der Waals surface area contributed by atoms with Crippen molar-refractivity contribution < 1.29 is 5.11 Å². The normalized spacial score (nSPS) is 21.2. The zero-order valence-corrected chi connectivity index (χ0v) is 14.9. The van der Waals surface area contributed by atoms with Crippen molar-refractivity contribution in [1.82, 2.24) is 0 Å². The fraction of sp³-hybridized carbons (Fsp3) is 0.217. The zero-order chi connectivity index (χ0) is 17.7. The molecule has 3 aromatic rings. The van der Waals surface area contributed by atoms with Crippen LogP contribution in [0.15, 0.2) is 78.9 Å². The van der Waals surface area contributed by atoms with Gasteiger partial charge in [0.05, 0.1) is 5.54 Å². The third-order valence-electron chi connectivity index (χ3n) is 5.31. The summed E-state index contributed by atoms with van der Waals surface area (Å²) in [4.78, 5) is 2.13. The molecular formula is C23H23NO. The first-order chi connectivity index (χ1) is 12.0. The van der Waals surface area contributed by atoms with Gasteiger partial charge in [-0.15, -0.1) is 0 Å². The van der Waals surface area contributed by atoms with Gasteiger partial charge in [0.25, 0.3) is 0 Å². The molecule has 4 rings (SSSR count).